The van der Waals surface area contributed by atoms with E-state index in [4.69, 9.17) is 40.2 Å². The van der Waals surface area contributed by atoms with Crippen molar-refractivity contribution in [2.24, 2.45) is 0 Å². The van der Waals surface area contributed by atoms with Gasteiger partial charge in [-0.3, -0.25) is 9.69 Å². The lowest BCUT2D eigenvalue weighted by molar-refractivity contribution is -0.113. The number of aromatic carboxylic acids is 1. The number of hydrogen-bond acceptors (Lipinski definition) is 5. The van der Waals surface area contributed by atoms with Crippen molar-refractivity contribution >= 4 is 75.1 Å². The van der Waals surface area contributed by atoms with Gasteiger partial charge in [-0.1, -0.05) is 71.4 Å². The van der Waals surface area contributed by atoms with Crippen LogP contribution in [-0.4, -0.2) is 21.3 Å². The molecule has 3 aromatic carbocycles. The molecule has 1 N–H and O–H groups in total. The fourth-order valence-corrected chi connectivity index (χ4v) is 4.80. The van der Waals surface area contributed by atoms with E-state index in [1.807, 2.05) is 18.2 Å². The molecule has 33 heavy (non-hydrogen) atoms. The smallest absolute Gasteiger partial charge is 0.335 e. The summed E-state index contributed by atoms with van der Waals surface area (Å²) in [5, 5.41) is 10.3. The third-order valence-corrected chi connectivity index (χ3v) is 6.65. The van der Waals surface area contributed by atoms with Crippen molar-refractivity contribution in [1.29, 1.82) is 0 Å². The lowest BCUT2D eigenvalue weighted by Crippen LogP contribution is -2.27. The molecule has 1 aliphatic heterocycles. The molecule has 1 heterocycles. The lowest BCUT2D eigenvalue weighted by Gasteiger charge is -2.15. The topological polar surface area (TPSA) is 66.8 Å². The van der Waals surface area contributed by atoms with Gasteiger partial charge in [0.15, 0.2) is 4.32 Å². The molecule has 0 unspecified atom stereocenters. The monoisotopic (exact) mass is 515 g/mol. The van der Waals surface area contributed by atoms with Crippen LogP contribution in [0.5, 0.6) is 5.75 Å². The molecule has 3 aromatic rings. The van der Waals surface area contributed by atoms with E-state index in [2.05, 4.69) is 0 Å². The first-order valence-corrected chi connectivity index (χ1v) is 11.6. The van der Waals surface area contributed by atoms with Gasteiger partial charge in [0.05, 0.1) is 16.2 Å². The van der Waals surface area contributed by atoms with Crippen LogP contribution < -0.4 is 9.64 Å². The fraction of sp³-hybridized carbons (Fsp3) is 0.0417. The Balaban J connectivity index is 1.62. The van der Waals surface area contributed by atoms with Crippen LogP contribution in [0.3, 0.4) is 0 Å². The predicted molar refractivity (Wildman–Crippen MR) is 136 cm³/mol. The van der Waals surface area contributed by atoms with Gasteiger partial charge in [0.1, 0.15) is 12.4 Å². The number of carbonyl (C=O) groups excluding carboxylic acids is 1. The Morgan fingerprint density at radius 1 is 1.09 bits per heavy atom. The molecule has 1 fully saturated rings. The third kappa shape index (κ3) is 5.23. The second-order valence-electron chi connectivity index (χ2n) is 6.93. The SMILES string of the molecule is O=C(O)c1cccc(N2C(=O)/C(=C\c3cc(Cl)ccc3OCc3ccccc3Cl)SC2=S)c1. The van der Waals surface area contributed by atoms with Crippen LogP contribution in [0.2, 0.25) is 10.0 Å². The van der Waals surface area contributed by atoms with Crippen LogP contribution in [0, 0.1) is 0 Å². The molecule has 0 atom stereocenters. The summed E-state index contributed by atoms with van der Waals surface area (Å²) < 4.78 is 6.27. The Labute approximate surface area is 209 Å². The third-order valence-electron chi connectivity index (χ3n) is 4.74. The summed E-state index contributed by atoms with van der Waals surface area (Å²) in [7, 11) is 0. The molecule has 1 amide bonds. The molecular formula is C24H15Cl2NO4S2. The second-order valence-corrected chi connectivity index (χ2v) is 9.45. The average Bonchev–Trinajstić information content (AvgIpc) is 3.07. The van der Waals surface area contributed by atoms with Crippen LogP contribution in [0.15, 0.2) is 71.6 Å². The highest BCUT2D eigenvalue weighted by Crippen LogP contribution is 2.38. The Morgan fingerprint density at radius 2 is 1.88 bits per heavy atom. The first-order valence-electron chi connectivity index (χ1n) is 9.60. The van der Waals surface area contributed by atoms with Crippen molar-refractivity contribution in [2.45, 2.75) is 6.61 Å². The zero-order valence-electron chi connectivity index (χ0n) is 16.8. The minimum absolute atomic E-state index is 0.0654. The van der Waals surface area contributed by atoms with E-state index < -0.39 is 5.97 Å². The fourth-order valence-electron chi connectivity index (χ4n) is 3.14. The van der Waals surface area contributed by atoms with Gasteiger partial charge in [0, 0.05) is 21.2 Å². The Hall–Kier alpha value is -2.84. The summed E-state index contributed by atoms with van der Waals surface area (Å²) in [6.45, 7) is 0.241. The number of ether oxygens (including phenoxy) is 1. The minimum atomic E-state index is -1.09. The van der Waals surface area contributed by atoms with Gasteiger partial charge in [-0.05, 0) is 48.5 Å². The van der Waals surface area contributed by atoms with Gasteiger partial charge in [-0.2, -0.15) is 0 Å². The Bertz CT molecular complexity index is 1310. The summed E-state index contributed by atoms with van der Waals surface area (Å²) in [5.41, 5.74) is 1.89. The van der Waals surface area contributed by atoms with Crippen LogP contribution in [0.25, 0.3) is 6.08 Å². The van der Waals surface area contributed by atoms with Gasteiger partial charge in [0.25, 0.3) is 5.91 Å². The Morgan fingerprint density at radius 3 is 2.64 bits per heavy atom. The zero-order chi connectivity index (χ0) is 23.5. The molecule has 1 aliphatic rings. The van der Waals surface area contributed by atoms with Gasteiger partial charge in [-0.25, -0.2) is 4.79 Å². The standard InChI is InChI=1S/C24H15Cl2NO4S2/c25-17-8-9-20(31-13-15-4-1-2-7-19(15)26)16(10-17)12-21-22(28)27(24(32)33-21)18-6-3-5-14(11-18)23(29)30/h1-12H,13H2,(H,29,30)/b21-12+. The van der Waals surface area contributed by atoms with E-state index in [0.717, 1.165) is 17.3 Å². The number of rotatable bonds is 6. The molecule has 0 aromatic heterocycles. The number of nitrogens with zero attached hydrogens (tertiary/aromatic N) is 1. The first kappa shape index (κ1) is 23.3. The highest BCUT2D eigenvalue weighted by atomic mass is 35.5. The number of carboxylic acid groups (broad SMARTS) is 1. The number of benzene rings is 3. The molecule has 166 valence electrons. The maximum absolute atomic E-state index is 13.1. The van der Waals surface area contributed by atoms with E-state index in [0.29, 0.717) is 36.3 Å². The molecule has 0 bridgehead atoms. The molecule has 0 spiro atoms. The summed E-state index contributed by atoms with van der Waals surface area (Å²) in [6, 6.07) is 18.6. The quantitative estimate of drug-likeness (QED) is 0.291. The predicted octanol–water partition coefficient (Wildman–Crippen LogP) is 6.68. The van der Waals surface area contributed by atoms with Crippen molar-refractivity contribution in [1.82, 2.24) is 0 Å². The molecule has 4 rings (SSSR count). The van der Waals surface area contributed by atoms with Crippen LogP contribution in [-0.2, 0) is 11.4 Å². The van der Waals surface area contributed by atoms with Gasteiger partial charge < -0.3 is 9.84 Å². The first-order chi connectivity index (χ1) is 15.8. The number of carboxylic acids is 1. The largest absolute Gasteiger partial charge is 0.488 e. The number of thioether (sulfide) groups is 1. The second kappa shape index (κ2) is 9.97. The average molecular weight is 516 g/mol. The summed E-state index contributed by atoms with van der Waals surface area (Å²) in [6.07, 6.45) is 1.66. The van der Waals surface area contributed by atoms with Gasteiger partial charge >= 0.3 is 5.97 Å². The maximum Gasteiger partial charge on any atom is 0.335 e. The Kier molecular flexibility index (Phi) is 7.05. The van der Waals surface area contributed by atoms with E-state index in [1.165, 1.54) is 17.0 Å². The number of anilines is 1. The summed E-state index contributed by atoms with van der Waals surface area (Å²) in [4.78, 5) is 26.1. The minimum Gasteiger partial charge on any atom is -0.488 e. The lowest BCUT2D eigenvalue weighted by atomic mass is 10.1. The number of amides is 1. The maximum atomic E-state index is 13.1. The molecule has 1 saturated heterocycles. The van der Waals surface area contributed by atoms with Crippen LogP contribution in [0.1, 0.15) is 21.5 Å². The van der Waals surface area contributed by atoms with E-state index in [9.17, 15) is 14.7 Å². The van der Waals surface area contributed by atoms with E-state index >= 15 is 0 Å². The molecule has 0 radical (unpaired) electrons. The molecular weight excluding hydrogens is 501 g/mol. The van der Waals surface area contributed by atoms with Gasteiger partial charge in [-0.15, -0.1) is 0 Å². The van der Waals surface area contributed by atoms with Crippen molar-refractivity contribution < 1.29 is 19.4 Å². The molecule has 0 aliphatic carbocycles. The van der Waals surface area contributed by atoms with E-state index in [-0.39, 0.29) is 18.1 Å². The number of thiocarbonyl (C=S) groups is 1. The number of hydrogen-bond donors (Lipinski definition) is 1. The highest BCUT2D eigenvalue weighted by Gasteiger charge is 2.33. The number of halogens is 2. The van der Waals surface area contributed by atoms with Crippen LogP contribution >= 0.6 is 47.2 Å². The van der Waals surface area contributed by atoms with Gasteiger partial charge in [0.2, 0.25) is 0 Å². The van der Waals surface area contributed by atoms with Crippen molar-refractivity contribution in [2.75, 3.05) is 4.90 Å². The molecule has 9 heteroatoms. The normalized spacial score (nSPS) is 14.7. The van der Waals surface area contributed by atoms with Crippen molar-refractivity contribution in [3.05, 3.63) is 98.4 Å². The van der Waals surface area contributed by atoms with E-state index in [1.54, 1.807) is 42.5 Å². The van der Waals surface area contributed by atoms with Crippen LogP contribution in [0.4, 0.5) is 5.69 Å². The zero-order valence-corrected chi connectivity index (χ0v) is 20.0. The molecule has 5 nitrogen and oxygen atoms in total. The van der Waals surface area contributed by atoms with Crippen molar-refractivity contribution in [3.8, 4) is 5.75 Å². The highest BCUT2D eigenvalue weighted by molar-refractivity contribution is 8.27. The summed E-state index contributed by atoms with van der Waals surface area (Å²) >= 11 is 18.9. The molecule has 0 saturated carbocycles. The number of carbonyl (C=O) groups is 2. The van der Waals surface area contributed by atoms with Crippen molar-refractivity contribution in [3.63, 3.8) is 0 Å². The summed E-state index contributed by atoms with van der Waals surface area (Å²) in [5.74, 6) is -0.917.